The van der Waals surface area contributed by atoms with E-state index in [0.29, 0.717) is 75.3 Å². The summed E-state index contributed by atoms with van der Waals surface area (Å²) in [7, 11) is 0. The molecule has 4 rings (SSSR count). The van der Waals surface area contributed by atoms with Crippen LogP contribution in [0.2, 0.25) is 0 Å². The standard InChI is InChI=1S/C31H46N10O4/c1-5-44-18-22-38-26-28(20(3)16-36-30(26)32)40(22)13-9-7-11-34-24(42)15-25(43)35-12-8-10-14-41-23(19-45-6-2)39-27-29(41)21(4)17-37-31(27)33/h16-17H,5-15,18-19H2,1-4H3,(H2,32,36)(H2,33,37)(H,34,42)(H,35,43). The van der Waals surface area contributed by atoms with E-state index in [1.54, 1.807) is 12.4 Å². The van der Waals surface area contributed by atoms with Crippen LogP contribution in [-0.4, -0.2) is 67.2 Å². The molecular weight excluding hydrogens is 576 g/mol. The van der Waals surface area contributed by atoms with Crippen molar-refractivity contribution < 1.29 is 19.1 Å². The lowest BCUT2D eigenvalue weighted by molar-refractivity contribution is -0.129. The fraction of sp³-hybridized carbons (Fsp3) is 0.548. The van der Waals surface area contributed by atoms with Gasteiger partial charge < -0.3 is 40.7 Å². The van der Waals surface area contributed by atoms with Gasteiger partial charge in [0.2, 0.25) is 11.8 Å². The molecule has 4 heterocycles. The number of ether oxygens (including phenoxy) is 2. The Morgan fingerprint density at radius 2 is 1.16 bits per heavy atom. The predicted octanol–water partition coefficient (Wildman–Crippen LogP) is 2.91. The molecule has 0 saturated carbocycles. The number of carbonyl (C=O) groups excluding carboxylic acids is 2. The van der Waals surface area contributed by atoms with Crippen LogP contribution >= 0.6 is 0 Å². The number of aromatic nitrogens is 6. The van der Waals surface area contributed by atoms with Crippen LogP contribution in [0.25, 0.3) is 22.1 Å². The Hall–Kier alpha value is -4.30. The average Bonchev–Trinajstić information content (AvgIpc) is 3.58. The Labute approximate surface area is 263 Å². The lowest BCUT2D eigenvalue weighted by atomic mass is 10.2. The zero-order chi connectivity index (χ0) is 32.3. The van der Waals surface area contributed by atoms with E-state index in [4.69, 9.17) is 20.9 Å². The van der Waals surface area contributed by atoms with Gasteiger partial charge in [-0.2, -0.15) is 0 Å². The van der Waals surface area contributed by atoms with Crippen molar-refractivity contribution in [1.29, 1.82) is 0 Å². The number of aryl methyl sites for hydroxylation is 4. The molecule has 14 nitrogen and oxygen atoms in total. The Kier molecular flexibility index (Phi) is 12.0. The number of amides is 2. The van der Waals surface area contributed by atoms with Crippen LogP contribution in [0, 0.1) is 13.8 Å². The summed E-state index contributed by atoms with van der Waals surface area (Å²) in [5, 5.41) is 5.71. The van der Waals surface area contributed by atoms with Crippen molar-refractivity contribution >= 4 is 45.5 Å². The van der Waals surface area contributed by atoms with E-state index in [1.807, 2.05) is 27.7 Å². The lowest BCUT2D eigenvalue weighted by Gasteiger charge is -2.12. The number of rotatable bonds is 18. The summed E-state index contributed by atoms with van der Waals surface area (Å²) in [4.78, 5) is 42.5. The van der Waals surface area contributed by atoms with Crippen LogP contribution < -0.4 is 22.1 Å². The third kappa shape index (κ3) is 8.45. The third-order valence-corrected chi connectivity index (χ3v) is 7.57. The summed E-state index contributed by atoms with van der Waals surface area (Å²) in [6, 6.07) is 0. The molecule has 0 unspecified atom stereocenters. The molecule has 6 N–H and O–H groups in total. The number of unbranched alkanes of at least 4 members (excludes halogenated alkanes) is 2. The van der Waals surface area contributed by atoms with Gasteiger partial charge in [-0.3, -0.25) is 9.59 Å². The molecule has 0 spiro atoms. The summed E-state index contributed by atoms with van der Waals surface area (Å²) in [6.45, 7) is 12.2. The number of anilines is 2. The van der Waals surface area contributed by atoms with Crippen LogP contribution in [-0.2, 0) is 45.4 Å². The molecule has 0 radical (unpaired) electrons. The summed E-state index contributed by atoms with van der Waals surface area (Å²) in [5.74, 6) is 1.82. The summed E-state index contributed by atoms with van der Waals surface area (Å²) in [6.07, 6.45) is 6.41. The highest BCUT2D eigenvalue weighted by molar-refractivity contribution is 5.96. The minimum atomic E-state index is -0.292. The molecule has 244 valence electrons. The highest BCUT2D eigenvalue weighted by Crippen LogP contribution is 2.26. The van der Waals surface area contributed by atoms with Crippen LogP contribution in [0.3, 0.4) is 0 Å². The maximum absolute atomic E-state index is 12.4. The van der Waals surface area contributed by atoms with Gasteiger partial charge in [-0.15, -0.1) is 0 Å². The van der Waals surface area contributed by atoms with Crippen molar-refractivity contribution in [2.24, 2.45) is 0 Å². The van der Waals surface area contributed by atoms with Gasteiger partial charge in [-0.25, -0.2) is 19.9 Å². The summed E-state index contributed by atoms with van der Waals surface area (Å²) in [5.41, 5.74) is 17.4. The second-order valence-electron chi connectivity index (χ2n) is 11.0. The molecule has 4 aromatic heterocycles. The van der Waals surface area contributed by atoms with E-state index < -0.39 is 0 Å². The van der Waals surface area contributed by atoms with Gasteiger partial charge in [0.05, 0.1) is 11.0 Å². The molecule has 0 aliphatic heterocycles. The Morgan fingerprint density at radius 3 is 1.56 bits per heavy atom. The minimum absolute atomic E-state index is 0.202. The number of hydrogen-bond donors (Lipinski definition) is 4. The van der Waals surface area contributed by atoms with Gasteiger partial charge >= 0.3 is 0 Å². The van der Waals surface area contributed by atoms with E-state index in [0.717, 1.165) is 59.5 Å². The largest absolute Gasteiger partial charge is 0.382 e. The normalized spacial score (nSPS) is 11.5. The fourth-order valence-electron chi connectivity index (χ4n) is 5.34. The van der Waals surface area contributed by atoms with Crippen LogP contribution in [0.15, 0.2) is 12.4 Å². The quantitative estimate of drug-likeness (QED) is 0.0948. The van der Waals surface area contributed by atoms with Gasteiger partial charge in [0.25, 0.3) is 0 Å². The van der Waals surface area contributed by atoms with Crippen LogP contribution in [0.4, 0.5) is 11.6 Å². The highest BCUT2D eigenvalue weighted by atomic mass is 16.5. The first kappa shape index (κ1) is 33.6. The van der Waals surface area contributed by atoms with E-state index >= 15 is 0 Å². The SMILES string of the molecule is CCOCc1nc2c(N)ncc(C)c2n1CCCCNC(=O)CC(=O)NCCCCn1c(COCC)nc2c(N)ncc(C)c21. The predicted molar refractivity (Wildman–Crippen MR) is 173 cm³/mol. The van der Waals surface area contributed by atoms with E-state index in [9.17, 15) is 9.59 Å². The topological polar surface area (TPSA) is 190 Å². The van der Waals surface area contributed by atoms with Gasteiger partial charge in [0.15, 0.2) is 11.6 Å². The molecule has 0 aliphatic rings. The highest BCUT2D eigenvalue weighted by Gasteiger charge is 2.17. The smallest absolute Gasteiger partial charge is 0.229 e. The van der Waals surface area contributed by atoms with Gasteiger partial charge in [0, 0.05) is 51.8 Å². The molecule has 0 bridgehead atoms. The minimum Gasteiger partial charge on any atom is -0.382 e. The lowest BCUT2D eigenvalue weighted by Crippen LogP contribution is -2.33. The number of fused-ring (bicyclic) bond motifs is 2. The van der Waals surface area contributed by atoms with E-state index in [1.165, 1.54) is 0 Å². The first-order valence-electron chi connectivity index (χ1n) is 15.6. The zero-order valence-electron chi connectivity index (χ0n) is 26.8. The van der Waals surface area contributed by atoms with Crippen molar-refractivity contribution in [1.82, 2.24) is 39.7 Å². The maximum Gasteiger partial charge on any atom is 0.229 e. The number of nitrogens with zero attached hydrogens (tertiary/aromatic N) is 6. The van der Waals surface area contributed by atoms with Crippen molar-refractivity contribution in [2.75, 3.05) is 37.8 Å². The van der Waals surface area contributed by atoms with Gasteiger partial charge in [0.1, 0.15) is 42.3 Å². The molecule has 4 aromatic rings. The number of imidazole rings is 2. The third-order valence-electron chi connectivity index (χ3n) is 7.57. The van der Waals surface area contributed by atoms with Crippen LogP contribution in [0.1, 0.15) is 68.7 Å². The second kappa shape index (κ2) is 16.1. The molecule has 0 saturated heterocycles. The molecule has 0 aromatic carbocycles. The second-order valence-corrected chi connectivity index (χ2v) is 11.0. The number of pyridine rings is 2. The zero-order valence-corrected chi connectivity index (χ0v) is 26.8. The Bertz CT molecular complexity index is 1500. The monoisotopic (exact) mass is 622 g/mol. The number of nitrogens with two attached hydrogens (primary N) is 2. The average molecular weight is 623 g/mol. The Balaban J connectivity index is 1.17. The Morgan fingerprint density at radius 1 is 0.733 bits per heavy atom. The molecule has 0 atom stereocenters. The molecule has 45 heavy (non-hydrogen) atoms. The van der Waals surface area contributed by atoms with E-state index in [2.05, 4.69) is 39.7 Å². The first-order chi connectivity index (χ1) is 21.7. The van der Waals surface area contributed by atoms with Gasteiger partial charge in [-0.1, -0.05) is 0 Å². The van der Waals surface area contributed by atoms with Crippen LogP contribution in [0.5, 0.6) is 0 Å². The number of carbonyl (C=O) groups is 2. The molecular formula is C31H46N10O4. The number of nitrogen functional groups attached to an aromatic ring is 2. The number of nitrogens with one attached hydrogen (secondary N) is 2. The van der Waals surface area contributed by atoms with Crippen molar-refractivity contribution in [2.45, 2.75) is 86.1 Å². The number of hydrogen-bond acceptors (Lipinski definition) is 10. The maximum atomic E-state index is 12.4. The van der Waals surface area contributed by atoms with Crippen molar-refractivity contribution in [3.8, 4) is 0 Å². The van der Waals surface area contributed by atoms with Gasteiger partial charge in [-0.05, 0) is 64.5 Å². The molecule has 2 amide bonds. The van der Waals surface area contributed by atoms with Crippen molar-refractivity contribution in [3.63, 3.8) is 0 Å². The van der Waals surface area contributed by atoms with E-state index in [-0.39, 0.29) is 18.2 Å². The summed E-state index contributed by atoms with van der Waals surface area (Å²) < 4.78 is 15.5. The summed E-state index contributed by atoms with van der Waals surface area (Å²) >= 11 is 0. The van der Waals surface area contributed by atoms with Crippen molar-refractivity contribution in [3.05, 3.63) is 35.2 Å². The first-order valence-corrected chi connectivity index (χ1v) is 15.6. The molecule has 0 fully saturated rings. The fourth-order valence-corrected chi connectivity index (χ4v) is 5.34. The molecule has 14 heteroatoms. The molecule has 0 aliphatic carbocycles.